The highest BCUT2D eigenvalue weighted by Crippen LogP contribution is 2.28. The largest absolute Gasteiger partial charge is 0.373 e. The molecule has 0 atom stereocenters. The second kappa shape index (κ2) is 4.59. The number of nitrogens with zero attached hydrogens (tertiary/aromatic N) is 3. The van der Waals surface area contributed by atoms with Crippen LogP contribution in [0.5, 0.6) is 0 Å². The molecule has 0 fully saturated rings. The Morgan fingerprint density at radius 1 is 1.40 bits per heavy atom. The highest BCUT2D eigenvalue weighted by molar-refractivity contribution is 8.01. The van der Waals surface area contributed by atoms with Crippen LogP contribution >= 0.6 is 23.1 Å². The number of rotatable bonds is 3. The number of nitrogens with one attached hydrogen (secondary N) is 1. The second-order valence-electron chi connectivity index (χ2n) is 2.79. The molecular weight excluding hydrogens is 228 g/mol. The van der Waals surface area contributed by atoms with Crippen molar-refractivity contribution in [3.63, 3.8) is 0 Å². The molecule has 0 unspecified atom stereocenters. The topological polar surface area (TPSA) is 50.7 Å². The van der Waals surface area contributed by atoms with Crippen molar-refractivity contribution in [1.82, 2.24) is 15.0 Å². The molecule has 1 N–H and O–H groups in total. The molecule has 0 aliphatic heterocycles. The van der Waals surface area contributed by atoms with Crippen LogP contribution in [0.25, 0.3) is 0 Å². The number of aromatic nitrogens is 3. The minimum atomic E-state index is 0.765. The summed E-state index contributed by atoms with van der Waals surface area (Å²) < 4.78 is 0.996. The van der Waals surface area contributed by atoms with Gasteiger partial charge in [-0.3, -0.25) is 0 Å². The summed E-state index contributed by atoms with van der Waals surface area (Å²) in [7, 11) is 1.85. The van der Waals surface area contributed by atoms with Gasteiger partial charge in [-0.25, -0.2) is 15.0 Å². The maximum atomic E-state index is 4.34. The Morgan fingerprint density at radius 2 is 2.27 bits per heavy atom. The van der Waals surface area contributed by atoms with Crippen LogP contribution in [0, 0.1) is 6.92 Å². The molecule has 6 heteroatoms. The highest BCUT2D eigenvalue weighted by Gasteiger charge is 2.04. The number of anilines is 1. The lowest BCUT2D eigenvalue weighted by Gasteiger charge is -2.03. The predicted octanol–water partition coefficient (Wildman–Crippen LogP) is 2.43. The standard InChI is InChI=1S/C9H10N4S2/c1-6-12-7(10-2)5-8(13-6)15-9-11-3-4-14-9/h3-5H,1-2H3,(H,10,12,13). The van der Waals surface area contributed by atoms with Crippen LogP contribution in [-0.2, 0) is 0 Å². The van der Waals surface area contributed by atoms with Gasteiger partial charge in [-0.05, 0) is 18.7 Å². The van der Waals surface area contributed by atoms with Crippen molar-refractivity contribution >= 4 is 28.9 Å². The summed E-state index contributed by atoms with van der Waals surface area (Å²) in [6.07, 6.45) is 1.79. The van der Waals surface area contributed by atoms with Crippen molar-refractivity contribution in [2.24, 2.45) is 0 Å². The summed E-state index contributed by atoms with van der Waals surface area (Å²) >= 11 is 3.16. The first kappa shape index (κ1) is 10.4. The Hall–Kier alpha value is -1.14. The van der Waals surface area contributed by atoms with Gasteiger partial charge in [-0.1, -0.05) is 0 Å². The van der Waals surface area contributed by atoms with Gasteiger partial charge in [0.15, 0.2) is 4.34 Å². The van der Waals surface area contributed by atoms with Gasteiger partial charge in [-0.15, -0.1) is 11.3 Å². The fourth-order valence-electron chi connectivity index (χ4n) is 1.07. The Kier molecular flexibility index (Phi) is 3.17. The van der Waals surface area contributed by atoms with E-state index in [-0.39, 0.29) is 0 Å². The van der Waals surface area contributed by atoms with Crippen molar-refractivity contribution in [3.05, 3.63) is 23.5 Å². The molecule has 0 saturated carbocycles. The molecule has 0 aliphatic rings. The van der Waals surface area contributed by atoms with Crippen LogP contribution in [0.15, 0.2) is 27.0 Å². The average Bonchev–Trinajstić information content (AvgIpc) is 2.69. The van der Waals surface area contributed by atoms with Gasteiger partial charge in [0.1, 0.15) is 16.7 Å². The van der Waals surface area contributed by atoms with Crippen molar-refractivity contribution < 1.29 is 0 Å². The molecule has 4 nitrogen and oxygen atoms in total. The fourth-order valence-corrected chi connectivity index (χ4v) is 2.69. The van der Waals surface area contributed by atoms with E-state index in [4.69, 9.17) is 0 Å². The third kappa shape index (κ3) is 2.66. The maximum absolute atomic E-state index is 4.34. The van der Waals surface area contributed by atoms with Crippen molar-refractivity contribution in [2.45, 2.75) is 16.3 Å². The monoisotopic (exact) mass is 238 g/mol. The molecular formula is C9H10N4S2. The molecule has 0 saturated heterocycles. The van der Waals surface area contributed by atoms with Crippen LogP contribution < -0.4 is 5.32 Å². The SMILES string of the molecule is CNc1cc(Sc2nccs2)nc(C)n1. The number of hydrogen-bond donors (Lipinski definition) is 1. The maximum Gasteiger partial charge on any atom is 0.156 e. The smallest absolute Gasteiger partial charge is 0.156 e. The molecule has 15 heavy (non-hydrogen) atoms. The molecule has 0 bridgehead atoms. The van der Waals surface area contributed by atoms with Gasteiger partial charge in [0, 0.05) is 24.7 Å². The van der Waals surface area contributed by atoms with Crippen molar-refractivity contribution in [3.8, 4) is 0 Å². The lowest BCUT2D eigenvalue weighted by molar-refractivity contribution is 0.968. The van der Waals surface area contributed by atoms with Crippen molar-refractivity contribution in [2.75, 3.05) is 12.4 Å². The van der Waals surface area contributed by atoms with E-state index in [1.165, 1.54) is 0 Å². The van der Waals surface area contributed by atoms with Gasteiger partial charge in [0.2, 0.25) is 0 Å². The molecule has 2 heterocycles. The van der Waals surface area contributed by atoms with E-state index in [9.17, 15) is 0 Å². The zero-order chi connectivity index (χ0) is 10.7. The van der Waals surface area contributed by atoms with Gasteiger partial charge >= 0.3 is 0 Å². The summed E-state index contributed by atoms with van der Waals surface area (Å²) in [4.78, 5) is 12.8. The minimum absolute atomic E-state index is 0.765. The number of thiazole rings is 1. The Labute approximate surface area is 96.2 Å². The molecule has 0 spiro atoms. The third-order valence-electron chi connectivity index (χ3n) is 1.67. The molecule has 0 aromatic carbocycles. The fraction of sp³-hybridized carbons (Fsp3) is 0.222. The Morgan fingerprint density at radius 3 is 2.93 bits per heavy atom. The third-order valence-corrected chi connectivity index (χ3v) is 3.47. The molecule has 0 aliphatic carbocycles. The van der Waals surface area contributed by atoms with Crippen LogP contribution in [0.4, 0.5) is 5.82 Å². The lowest BCUT2D eigenvalue weighted by atomic mass is 10.5. The number of aryl methyl sites for hydroxylation is 1. The van der Waals surface area contributed by atoms with Gasteiger partial charge in [0.25, 0.3) is 0 Å². The second-order valence-corrected chi connectivity index (χ2v) is 4.95. The Bertz CT molecular complexity index is 441. The summed E-state index contributed by atoms with van der Waals surface area (Å²) in [5.74, 6) is 1.60. The van der Waals surface area contributed by atoms with E-state index in [1.54, 1.807) is 29.3 Å². The molecule has 2 aromatic heterocycles. The molecule has 0 amide bonds. The summed E-state index contributed by atoms with van der Waals surface area (Å²) in [6.45, 7) is 1.88. The first-order valence-electron chi connectivity index (χ1n) is 4.38. The number of hydrogen-bond acceptors (Lipinski definition) is 6. The summed E-state index contributed by atoms with van der Waals surface area (Å²) in [5.41, 5.74) is 0. The first-order chi connectivity index (χ1) is 7.28. The van der Waals surface area contributed by atoms with E-state index in [2.05, 4.69) is 20.3 Å². The Balaban J connectivity index is 2.24. The molecule has 0 radical (unpaired) electrons. The first-order valence-corrected chi connectivity index (χ1v) is 6.08. The normalized spacial score (nSPS) is 10.3. The van der Waals surface area contributed by atoms with E-state index >= 15 is 0 Å². The van der Waals surface area contributed by atoms with Crippen LogP contribution in [0.2, 0.25) is 0 Å². The zero-order valence-electron chi connectivity index (χ0n) is 8.39. The van der Waals surface area contributed by atoms with E-state index < -0.39 is 0 Å². The molecule has 78 valence electrons. The van der Waals surface area contributed by atoms with Crippen LogP contribution in [-0.4, -0.2) is 22.0 Å². The van der Waals surface area contributed by atoms with Crippen molar-refractivity contribution in [1.29, 1.82) is 0 Å². The van der Waals surface area contributed by atoms with E-state index in [1.807, 2.05) is 25.4 Å². The van der Waals surface area contributed by atoms with E-state index in [0.29, 0.717) is 0 Å². The lowest BCUT2D eigenvalue weighted by Crippen LogP contribution is -1.97. The van der Waals surface area contributed by atoms with Crippen LogP contribution in [0.1, 0.15) is 5.82 Å². The molecule has 2 rings (SSSR count). The molecule has 2 aromatic rings. The zero-order valence-corrected chi connectivity index (χ0v) is 10.0. The van der Waals surface area contributed by atoms with E-state index in [0.717, 1.165) is 21.0 Å². The van der Waals surface area contributed by atoms with Gasteiger partial charge in [0.05, 0.1) is 0 Å². The summed E-state index contributed by atoms with van der Waals surface area (Å²) in [6, 6.07) is 1.92. The van der Waals surface area contributed by atoms with Crippen LogP contribution in [0.3, 0.4) is 0 Å². The van der Waals surface area contributed by atoms with Gasteiger partial charge < -0.3 is 5.32 Å². The van der Waals surface area contributed by atoms with Gasteiger partial charge in [-0.2, -0.15) is 0 Å². The quantitative estimate of drug-likeness (QED) is 0.832. The average molecular weight is 238 g/mol. The highest BCUT2D eigenvalue weighted by atomic mass is 32.2. The predicted molar refractivity (Wildman–Crippen MR) is 62.6 cm³/mol. The minimum Gasteiger partial charge on any atom is -0.373 e. The summed E-state index contributed by atoms with van der Waals surface area (Å²) in [5, 5.41) is 5.88.